The minimum absolute atomic E-state index is 0.0843. The Kier molecular flexibility index (Phi) is 26.0. The Hall–Kier alpha value is -1.59. The number of rotatable bonds is 30. The zero-order valence-corrected chi connectivity index (χ0v) is 31.1. The van der Waals surface area contributed by atoms with Crippen LogP contribution in [0.15, 0.2) is 24.3 Å². The minimum atomic E-state index is -4.81. The van der Waals surface area contributed by atoms with Crippen LogP contribution in [0.1, 0.15) is 149 Å². The van der Waals surface area contributed by atoms with Crippen LogP contribution in [-0.2, 0) is 28.2 Å². The molecular weight excluding hydrogens is 651 g/mol. The second-order valence-electron chi connectivity index (χ2n) is 13.5. The highest BCUT2D eigenvalue weighted by atomic mass is 31.2. The van der Waals surface area contributed by atoms with Crippen LogP contribution in [0.3, 0.4) is 0 Å². The quantitative estimate of drug-likeness (QED) is 0.0219. The molecule has 12 heteroatoms. The molecule has 0 bridgehead atoms. The molecule has 0 spiro atoms. The molecule has 0 aromatic heterocycles. The number of aliphatic hydroxyl groups is 3. The first-order valence-corrected chi connectivity index (χ1v) is 20.4. The first kappa shape index (κ1) is 45.4. The molecule has 5 N–H and O–H groups in total. The van der Waals surface area contributed by atoms with Crippen molar-refractivity contribution in [1.82, 2.24) is 0 Å². The van der Waals surface area contributed by atoms with Gasteiger partial charge in [-0.25, -0.2) is 4.57 Å². The maximum Gasteiger partial charge on any atom is 0.469 e. The molecule has 0 saturated heterocycles. The minimum Gasteiger partial charge on any atom is -0.462 e. The molecule has 286 valence electrons. The summed E-state index contributed by atoms with van der Waals surface area (Å²) >= 11 is 0. The second-order valence-corrected chi connectivity index (χ2v) is 14.8. The number of phosphoric ester groups is 1. The summed E-state index contributed by atoms with van der Waals surface area (Å²) in [7, 11) is -4.81. The van der Waals surface area contributed by atoms with Gasteiger partial charge in [0, 0.05) is 25.2 Å². The van der Waals surface area contributed by atoms with E-state index in [0.717, 1.165) is 77.0 Å². The van der Waals surface area contributed by atoms with E-state index in [2.05, 4.69) is 30.5 Å². The number of carbonyl (C=O) groups excluding carboxylic acids is 2. The van der Waals surface area contributed by atoms with E-state index in [1.54, 1.807) is 6.08 Å². The van der Waals surface area contributed by atoms with Crippen molar-refractivity contribution in [2.75, 3.05) is 13.2 Å². The molecule has 1 fully saturated rings. The number of phosphoric acid groups is 1. The number of unbranched alkanes of at least 4 members (excludes halogenated alkanes) is 12. The predicted octanol–water partition coefficient (Wildman–Crippen LogP) is 7.22. The molecule has 0 aromatic carbocycles. The summed E-state index contributed by atoms with van der Waals surface area (Å²) in [6, 6.07) is 0. The summed E-state index contributed by atoms with van der Waals surface area (Å²) in [5, 5.41) is 31.2. The predicted molar refractivity (Wildman–Crippen MR) is 190 cm³/mol. The highest BCUT2D eigenvalue weighted by molar-refractivity contribution is 7.46. The van der Waals surface area contributed by atoms with Crippen molar-refractivity contribution in [2.24, 2.45) is 11.8 Å². The Morgan fingerprint density at radius 2 is 1.39 bits per heavy atom. The number of hydrogen-bond donors (Lipinski definition) is 5. The summed E-state index contributed by atoms with van der Waals surface area (Å²) in [4.78, 5) is 42.9. The first-order valence-electron chi connectivity index (χ1n) is 18.9. The van der Waals surface area contributed by atoms with Gasteiger partial charge < -0.3 is 34.6 Å². The van der Waals surface area contributed by atoms with E-state index in [9.17, 15) is 29.5 Å². The summed E-state index contributed by atoms with van der Waals surface area (Å²) < 4.78 is 26.3. The Morgan fingerprint density at radius 1 is 0.776 bits per heavy atom. The molecule has 0 aliphatic heterocycles. The first-order chi connectivity index (χ1) is 23.5. The van der Waals surface area contributed by atoms with Gasteiger partial charge in [0.05, 0.1) is 24.9 Å². The van der Waals surface area contributed by atoms with E-state index in [-0.39, 0.29) is 31.3 Å². The number of aliphatic hydroxyl groups excluding tert-OH is 3. The molecule has 0 heterocycles. The van der Waals surface area contributed by atoms with Gasteiger partial charge in [-0.1, -0.05) is 109 Å². The fourth-order valence-corrected chi connectivity index (χ4v) is 6.52. The van der Waals surface area contributed by atoms with Crippen molar-refractivity contribution < 1.29 is 53.3 Å². The van der Waals surface area contributed by atoms with Crippen LogP contribution in [0, 0.1) is 11.8 Å². The average Bonchev–Trinajstić information content (AvgIpc) is 3.32. The molecule has 1 aliphatic rings. The lowest BCUT2D eigenvalue weighted by Gasteiger charge is -2.21. The SMILES string of the molecule is CCCC/C=C\CCCCCCCC(=O)OC[C@H](COP(=O)(O)O)OC(=O)CCCCCC[C@@H]1[C@@H](/C=C/[C@@H](O)CCCCC)[C@H](O)C[C@@H]1O. The third-order valence-electron chi connectivity index (χ3n) is 9.04. The van der Waals surface area contributed by atoms with Crippen LogP contribution in [0.5, 0.6) is 0 Å². The molecule has 1 rings (SSSR count). The lowest BCUT2D eigenvalue weighted by atomic mass is 9.88. The lowest BCUT2D eigenvalue weighted by Crippen LogP contribution is -2.29. The van der Waals surface area contributed by atoms with Crippen LogP contribution in [0.2, 0.25) is 0 Å². The number of hydrogen-bond acceptors (Lipinski definition) is 9. The van der Waals surface area contributed by atoms with Gasteiger partial charge in [-0.3, -0.25) is 14.1 Å². The summed E-state index contributed by atoms with van der Waals surface area (Å²) in [5.74, 6) is -1.33. The Morgan fingerprint density at radius 3 is 2.06 bits per heavy atom. The van der Waals surface area contributed by atoms with Gasteiger partial charge in [0.1, 0.15) is 6.61 Å². The maximum atomic E-state index is 12.5. The standard InChI is InChI=1S/C37H67O11P/c1-3-5-7-8-9-10-11-12-13-14-19-23-36(41)46-28-31(29-47-49(43,44)45)48-37(42)24-20-16-15-18-22-32-33(35(40)27-34(32)39)26-25-30(38)21-17-6-4-2/h8-9,25-26,30-35,38-40H,3-7,10-24,27-29H2,1-2H3,(H2,43,44,45)/b9-8-,26-25+/t30-,31+,32+,33+,34-,35+/m0/s1. The molecule has 11 nitrogen and oxygen atoms in total. The van der Waals surface area contributed by atoms with E-state index < -0.39 is 50.8 Å². The molecule has 49 heavy (non-hydrogen) atoms. The Bertz CT molecular complexity index is 966. The van der Waals surface area contributed by atoms with Gasteiger partial charge in [0.25, 0.3) is 0 Å². The summed E-state index contributed by atoms with van der Waals surface area (Å²) in [6.45, 7) is 3.34. The van der Waals surface area contributed by atoms with Crippen LogP contribution in [-0.4, -0.2) is 74.7 Å². The smallest absolute Gasteiger partial charge is 0.462 e. The van der Waals surface area contributed by atoms with Gasteiger partial charge in [-0.15, -0.1) is 0 Å². The van der Waals surface area contributed by atoms with Crippen molar-refractivity contribution in [1.29, 1.82) is 0 Å². The summed E-state index contributed by atoms with van der Waals surface area (Å²) in [6.07, 6.45) is 22.6. The molecule has 0 radical (unpaired) electrons. The van der Waals surface area contributed by atoms with Crippen LogP contribution in [0.25, 0.3) is 0 Å². The number of ether oxygens (including phenoxy) is 2. The van der Waals surface area contributed by atoms with Gasteiger partial charge in [-0.05, 0) is 50.9 Å². The third kappa shape index (κ3) is 24.3. The molecule has 1 aliphatic carbocycles. The van der Waals surface area contributed by atoms with Crippen LogP contribution < -0.4 is 0 Å². The van der Waals surface area contributed by atoms with E-state index in [4.69, 9.17) is 19.3 Å². The molecule has 6 atom stereocenters. The molecule has 0 amide bonds. The monoisotopic (exact) mass is 718 g/mol. The topological polar surface area (TPSA) is 180 Å². The number of allylic oxidation sites excluding steroid dienone is 2. The number of esters is 2. The van der Waals surface area contributed by atoms with E-state index in [0.29, 0.717) is 32.1 Å². The van der Waals surface area contributed by atoms with Gasteiger partial charge in [0.15, 0.2) is 6.10 Å². The van der Waals surface area contributed by atoms with E-state index >= 15 is 0 Å². The highest BCUT2D eigenvalue weighted by Gasteiger charge is 2.39. The Labute approximate surface area is 295 Å². The van der Waals surface area contributed by atoms with Gasteiger partial charge >= 0.3 is 19.8 Å². The summed E-state index contributed by atoms with van der Waals surface area (Å²) in [5.41, 5.74) is 0. The van der Waals surface area contributed by atoms with Gasteiger partial charge in [-0.2, -0.15) is 0 Å². The molecule has 0 unspecified atom stereocenters. The normalized spacial score (nSPS) is 21.0. The fraction of sp³-hybridized carbons (Fsp3) is 0.838. The van der Waals surface area contributed by atoms with Gasteiger partial charge in [0.2, 0.25) is 0 Å². The Balaban J connectivity index is 2.34. The molecule has 1 saturated carbocycles. The van der Waals surface area contributed by atoms with Crippen LogP contribution in [0.4, 0.5) is 0 Å². The van der Waals surface area contributed by atoms with Crippen molar-refractivity contribution >= 4 is 19.8 Å². The zero-order valence-electron chi connectivity index (χ0n) is 30.2. The van der Waals surface area contributed by atoms with E-state index in [1.165, 1.54) is 12.8 Å². The van der Waals surface area contributed by atoms with Crippen molar-refractivity contribution in [3.63, 3.8) is 0 Å². The largest absolute Gasteiger partial charge is 0.469 e. The molecular formula is C37H67O11P. The van der Waals surface area contributed by atoms with Crippen molar-refractivity contribution in [3.8, 4) is 0 Å². The fourth-order valence-electron chi connectivity index (χ4n) is 6.16. The zero-order chi connectivity index (χ0) is 36.3. The second kappa shape index (κ2) is 28.1. The lowest BCUT2D eigenvalue weighted by molar-refractivity contribution is -0.161. The molecule has 0 aromatic rings. The number of carbonyl (C=O) groups is 2. The highest BCUT2D eigenvalue weighted by Crippen LogP contribution is 2.38. The van der Waals surface area contributed by atoms with E-state index in [1.807, 2.05) is 6.08 Å². The van der Waals surface area contributed by atoms with Crippen molar-refractivity contribution in [2.45, 2.75) is 173 Å². The average molecular weight is 719 g/mol. The third-order valence-corrected chi connectivity index (χ3v) is 9.53. The van der Waals surface area contributed by atoms with Crippen molar-refractivity contribution in [3.05, 3.63) is 24.3 Å². The maximum absolute atomic E-state index is 12.5. The van der Waals surface area contributed by atoms with Crippen LogP contribution >= 0.6 is 7.82 Å².